The molecule has 3 aromatic rings. The number of nitro groups is 1. The number of rotatable bonds is 7. The lowest BCUT2D eigenvalue weighted by molar-refractivity contribution is -0.385. The molecule has 0 saturated heterocycles. The maximum atomic E-state index is 12.1. The summed E-state index contributed by atoms with van der Waals surface area (Å²) in [6.45, 7) is 3.88. The number of nitrogens with zero attached hydrogens (tertiary/aromatic N) is 3. The number of carbonyl (C=O) groups excluding carboxylic acids is 1. The van der Waals surface area contributed by atoms with Gasteiger partial charge in [-0.3, -0.25) is 20.2 Å². The summed E-state index contributed by atoms with van der Waals surface area (Å²) in [5.41, 5.74) is 1.95. The molecule has 0 atom stereocenters. The van der Waals surface area contributed by atoms with Gasteiger partial charge in [0, 0.05) is 11.6 Å². The van der Waals surface area contributed by atoms with E-state index in [0.717, 1.165) is 5.56 Å². The van der Waals surface area contributed by atoms with E-state index < -0.39 is 10.8 Å². The van der Waals surface area contributed by atoms with Gasteiger partial charge in [-0.15, -0.1) is 10.2 Å². The van der Waals surface area contributed by atoms with Gasteiger partial charge in [0.15, 0.2) is 12.4 Å². The van der Waals surface area contributed by atoms with Crippen LogP contribution in [0.3, 0.4) is 0 Å². The molecule has 0 saturated carbocycles. The average Bonchev–Trinajstić information content (AvgIpc) is 3.15. The Morgan fingerprint density at radius 1 is 1.18 bits per heavy atom. The molecule has 28 heavy (non-hydrogen) atoms. The Hall–Kier alpha value is -3.33. The Balaban J connectivity index is 1.60. The minimum absolute atomic E-state index is 0.0332. The summed E-state index contributed by atoms with van der Waals surface area (Å²) in [6.07, 6.45) is 0. The quantitative estimate of drug-likeness (QED) is 0.471. The molecule has 8 nitrogen and oxygen atoms in total. The lowest BCUT2D eigenvalue weighted by Gasteiger charge is -2.06. The molecule has 0 bridgehead atoms. The van der Waals surface area contributed by atoms with Crippen LogP contribution in [0.15, 0.2) is 48.5 Å². The third kappa shape index (κ3) is 4.68. The van der Waals surface area contributed by atoms with Crippen molar-refractivity contribution in [3.05, 3.63) is 64.2 Å². The lowest BCUT2D eigenvalue weighted by Crippen LogP contribution is -2.20. The molecule has 1 aromatic heterocycles. The smallest absolute Gasteiger partial charge is 0.310 e. The van der Waals surface area contributed by atoms with Gasteiger partial charge in [0.1, 0.15) is 5.01 Å². The molecule has 1 heterocycles. The minimum Gasteiger partial charge on any atom is -0.477 e. The van der Waals surface area contributed by atoms with Crippen LogP contribution in [0.1, 0.15) is 25.3 Å². The molecule has 3 rings (SSSR count). The molecule has 0 spiro atoms. The number of hydrogen-bond donors (Lipinski definition) is 1. The van der Waals surface area contributed by atoms with E-state index in [2.05, 4.69) is 29.4 Å². The van der Waals surface area contributed by atoms with Crippen LogP contribution < -0.4 is 10.1 Å². The first-order chi connectivity index (χ1) is 13.4. The van der Waals surface area contributed by atoms with E-state index >= 15 is 0 Å². The Morgan fingerprint density at radius 3 is 2.57 bits per heavy atom. The van der Waals surface area contributed by atoms with E-state index in [-0.39, 0.29) is 18.0 Å². The van der Waals surface area contributed by atoms with E-state index in [4.69, 9.17) is 4.74 Å². The van der Waals surface area contributed by atoms with Crippen molar-refractivity contribution in [2.45, 2.75) is 19.8 Å². The maximum absolute atomic E-state index is 12.1. The van der Waals surface area contributed by atoms with Crippen molar-refractivity contribution >= 4 is 28.1 Å². The predicted octanol–water partition coefficient (Wildman–Crippen LogP) is 4.25. The Labute approximate surface area is 165 Å². The second kappa shape index (κ2) is 8.57. The summed E-state index contributed by atoms with van der Waals surface area (Å²) in [7, 11) is 0. The molecule has 9 heteroatoms. The molecular weight excluding hydrogens is 380 g/mol. The van der Waals surface area contributed by atoms with Crippen LogP contribution in [0.5, 0.6) is 5.75 Å². The zero-order valence-corrected chi connectivity index (χ0v) is 16.1. The average molecular weight is 398 g/mol. The highest BCUT2D eigenvalue weighted by molar-refractivity contribution is 7.18. The number of hydrogen-bond acceptors (Lipinski definition) is 7. The second-order valence-corrected chi connectivity index (χ2v) is 7.23. The molecular formula is C19H18N4O4S. The number of para-hydroxylation sites is 2. The number of nitrogens with one attached hydrogen (secondary N) is 1. The van der Waals surface area contributed by atoms with Crippen molar-refractivity contribution in [3.63, 3.8) is 0 Å². The molecule has 0 radical (unpaired) electrons. The molecule has 0 aliphatic heterocycles. The van der Waals surface area contributed by atoms with Gasteiger partial charge in [-0.2, -0.15) is 0 Å². The van der Waals surface area contributed by atoms with Crippen molar-refractivity contribution in [1.82, 2.24) is 10.2 Å². The topological polar surface area (TPSA) is 107 Å². The van der Waals surface area contributed by atoms with Gasteiger partial charge >= 0.3 is 5.69 Å². The lowest BCUT2D eigenvalue weighted by atomic mass is 10.0. The summed E-state index contributed by atoms with van der Waals surface area (Å²) in [5, 5.41) is 22.6. The third-order valence-corrected chi connectivity index (χ3v) is 4.80. The third-order valence-electron chi connectivity index (χ3n) is 3.92. The van der Waals surface area contributed by atoms with Gasteiger partial charge in [0.25, 0.3) is 5.91 Å². The Bertz CT molecular complexity index is 986. The van der Waals surface area contributed by atoms with Crippen LogP contribution in [-0.4, -0.2) is 27.6 Å². The molecule has 1 amide bonds. The normalized spacial score (nSPS) is 10.7. The monoisotopic (exact) mass is 398 g/mol. The van der Waals surface area contributed by atoms with Crippen LogP contribution in [0, 0.1) is 10.1 Å². The highest BCUT2D eigenvalue weighted by Crippen LogP contribution is 2.28. The number of anilines is 1. The van der Waals surface area contributed by atoms with Crippen molar-refractivity contribution in [2.75, 3.05) is 11.9 Å². The van der Waals surface area contributed by atoms with Crippen LogP contribution in [0.4, 0.5) is 10.8 Å². The fourth-order valence-corrected chi connectivity index (χ4v) is 3.19. The molecule has 0 fully saturated rings. The zero-order chi connectivity index (χ0) is 20.1. The number of nitro benzene ring substituents is 1. The molecule has 0 unspecified atom stereocenters. The number of aromatic nitrogens is 2. The molecule has 0 aliphatic rings. The van der Waals surface area contributed by atoms with Crippen LogP contribution >= 0.6 is 11.3 Å². The van der Waals surface area contributed by atoms with Gasteiger partial charge in [0.05, 0.1) is 4.92 Å². The SMILES string of the molecule is CC(C)c1ccc(-c2nnc(NC(=O)COc3ccccc3[N+](=O)[O-])s2)cc1. The zero-order valence-electron chi connectivity index (χ0n) is 15.3. The number of carbonyl (C=O) groups is 1. The second-order valence-electron chi connectivity index (χ2n) is 6.25. The summed E-state index contributed by atoms with van der Waals surface area (Å²) in [4.78, 5) is 22.5. The fraction of sp³-hybridized carbons (Fsp3) is 0.211. The van der Waals surface area contributed by atoms with Crippen molar-refractivity contribution in [2.24, 2.45) is 0 Å². The Kier molecular flexibility index (Phi) is 5.95. The number of ether oxygens (including phenoxy) is 1. The van der Waals surface area contributed by atoms with Crippen molar-refractivity contribution in [3.8, 4) is 16.3 Å². The highest BCUT2D eigenvalue weighted by Gasteiger charge is 2.16. The minimum atomic E-state index is -0.561. The van der Waals surface area contributed by atoms with Crippen LogP contribution in [0.2, 0.25) is 0 Å². The van der Waals surface area contributed by atoms with E-state index in [1.165, 1.54) is 35.1 Å². The highest BCUT2D eigenvalue weighted by atomic mass is 32.1. The number of amides is 1. The molecule has 144 valence electrons. The van der Waals surface area contributed by atoms with Gasteiger partial charge in [-0.1, -0.05) is 61.6 Å². The summed E-state index contributed by atoms with van der Waals surface area (Å²) >= 11 is 1.24. The fourth-order valence-electron chi connectivity index (χ4n) is 2.43. The maximum Gasteiger partial charge on any atom is 0.310 e. The molecule has 0 aliphatic carbocycles. The van der Waals surface area contributed by atoms with Gasteiger partial charge in [-0.05, 0) is 17.5 Å². The van der Waals surface area contributed by atoms with E-state index in [1.807, 2.05) is 24.3 Å². The van der Waals surface area contributed by atoms with Crippen LogP contribution in [-0.2, 0) is 4.79 Å². The van der Waals surface area contributed by atoms with E-state index in [0.29, 0.717) is 16.1 Å². The predicted molar refractivity (Wildman–Crippen MR) is 107 cm³/mol. The first-order valence-electron chi connectivity index (χ1n) is 8.54. The van der Waals surface area contributed by atoms with Gasteiger partial charge < -0.3 is 4.74 Å². The standard InChI is InChI=1S/C19H18N4O4S/c1-12(2)13-7-9-14(10-8-13)18-21-22-19(28-18)20-17(24)11-27-16-6-4-3-5-15(16)23(25)26/h3-10,12H,11H2,1-2H3,(H,20,22,24). The summed E-state index contributed by atoms with van der Waals surface area (Å²) in [6, 6.07) is 13.9. The van der Waals surface area contributed by atoms with E-state index in [1.54, 1.807) is 6.07 Å². The first-order valence-corrected chi connectivity index (χ1v) is 9.35. The summed E-state index contributed by atoms with van der Waals surface area (Å²) in [5.74, 6) is 0.000564. The van der Waals surface area contributed by atoms with Crippen LogP contribution in [0.25, 0.3) is 10.6 Å². The molecule has 1 N–H and O–H groups in total. The number of benzene rings is 2. The Morgan fingerprint density at radius 2 is 1.89 bits per heavy atom. The van der Waals surface area contributed by atoms with Gasteiger partial charge in [-0.25, -0.2) is 0 Å². The molecule has 2 aromatic carbocycles. The van der Waals surface area contributed by atoms with Gasteiger partial charge in [0.2, 0.25) is 5.13 Å². The van der Waals surface area contributed by atoms with E-state index in [9.17, 15) is 14.9 Å². The summed E-state index contributed by atoms with van der Waals surface area (Å²) < 4.78 is 5.26. The first kappa shape index (κ1) is 19.4. The van der Waals surface area contributed by atoms with Crippen molar-refractivity contribution < 1.29 is 14.5 Å². The van der Waals surface area contributed by atoms with Crippen molar-refractivity contribution in [1.29, 1.82) is 0 Å². The largest absolute Gasteiger partial charge is 0.477 e.